The highest BCUT2D eigenvalue weighted by Gasteiger charge is 2.04. The van der Waals surface area contributed by atoms with E-state index in [2.05, 4.69) is 20.9 Å². The number of nitrogens with zero attached hydrogens (tertiary/aromatic N) is 1. The summed E-state index contributed by atoms with van der Waals surface area (Å²) in [5, 5.41) is 0.899. The lowest BCUT2D eigenvalue weighted by Gasteiger charge is -2.00. The van der Waals surface area contributed by atoms with Crippen molar-refractivity contribution in [3.8, 4) is 0 Å². The molecule has 2 N–H and O–H groups in total. The summed E-state index contributed by atoms with van der Waals surface area (Å²) in [6.07, 6.45) is 1.48. The predicted molar refractivity (Wildman–Crippen MR) is 58.0 cm³/mol. The number of para-hydroxylation sites is 1. The minimum atomic E-state index is -0.459. The third-order valence-corrected chi connectivity index (χ3v) is 2.59. The molecular formula is C10H7BrN2O. The molecule has 3 nitrogen and oxygen atoms in total. The van der Waals surface area contributed by atoms with Gasteiger partial charge < -0.3 is 5.73 Å². The van der Waals surface area contributed by atoms with Gasteiger partial charge in [0, 0.05) is 16.1 Å². The molecular weight excluding hydrogens is 244 g/mol. The number of halogens is 1. The van der Waals surface area contributed by atoms with Gasteiger partial charge in [-0.05, 0) is 28.1 Å². The van der Waals surface area contributed by atoms with Crippen molar-refractivity contribution >= 4 is 32.7 Å². The van der Waals surface area contributed by atoms with Crippen LogP contribution in [0.2, 0.25) is 0 Å². The average molecular weight is 251 g/mol. The molecule has 1 amide bonds. The van der Waals surface area contributed by atoms with E-state index in [0.717, 1.165) is 15.4 Å². The van der Waals surface area contributed by atoms with E-state index in [-0.39, 0.29) is 0 Å². The average Bonchev–Trinajstić information content (AvgIpc) is 2.17. The molecule has 0 aliphatic rings. The standard InChI is InChI=1S/C10H7BrN2O/c11-8-3-1-2-6-4-7(10(12)14)5-13-9(6)8/h1-5H,(H2,12,14). The van der Waals surface area contributed by atoms with Gasteiger partial charge in [0.25, 0.3) is 0 Å². The van der Waals surface area contributed by atoms with Crippen LogP contribution in [0, 0.1) is 0 Å². The van der Waals surface area contributed by atoms with Crippen LogP contribution in [-0.2, 0) is 0 Å². The fourth-order valence-corrected chi connectivity index (χ4v) is 1.74. The number of hydrogen-bond acceptors (Lipinski definition) is 2. The fourth-order valence-electron chi connectivity index (χ4n) is 1.26. The van der Waals surface area contributed by atoms with E-state index >= 15 is 0 Å². The number of benzene rings is 1. The molecule has 70 valence electrons. The first-order chi connectivity index (χ1) is 6.68. The molecule has 0 bridgehead atoms. The topological polar surface area (TPSA) is 56.0 Å². The van der Waals surface area contributed by atoms with Crippen molar-refractivity contribution in [2.75, 3.05) is 0 Å². The molecule has 2 aromatic rings. The van der Waals surface area contributed by atoms with Gasteiger partial charge in [-0.2, -0.15) is 0 Å². The number of pyridine rings is 1. The van der Waals surface area contributed by atoms with Crippen LogP contribution in [0.3, 0.4) is 0 Å². The van der Waals surface area contributed by atoms with Crippen LogP contribution in [0.5, 0.6) is 0 Å². The third-order valence-electron chi connectivity index (χ3n) is 1.95. The first-order valence-electron chi connectivity index (χ1n) is 4.02. The molecule has 0 saturated carbocycles. The molecule has 1 aromatic heterocycles. The van der Waals surface area contributed by atoms with E-state index in [0.29, 0.717) is 5.56 Å². The van der Waals surface area contributed by atoms with Gasteiger partial charge in [0.15, 0.2) is 0 Å². The Balaban J connectivity index is 2.73. The second-order valence-corrected chi connectivity index (χ2v) is 3.75. The molecule has 4 heteroatoms. The van der Waals surface area contributed by atoms with Gasteiger partial charge in [0.1, 0.15) is 0 Å². The maximum Gasteiger partial charge on any atom is 0.250 e. The Kier molecular flexibility index (Phi) is 2.21. The number of carbonyl (C=O) groups excluding carboxylic acids is 1. The minimum Gasteiger partial charge on any atom is -0.366 e. The second-order valence-electron chi connectivity index (χ2n) is 2.90. The highest BCUT2D eigenvalue weighted by Crippen LogP contribution is 2.21. The van der Waals surface area contributed by atoms with Crippen LogP contribution in [0.1, 0.15) is 10.4 Å². The maximum absolute atomic E-state index is 10.9. The van der Waals surface area contributed by atoms with Crippen LogP contribution in [-0.4, -0.2) is 10.9 Å². The summed E-state index contributed by atoms with van der Waals surface area (Å²) in [6.45, 7) is 0. The van der Waals surface area contributed by atoms with Crippen molar-refractivity contribution in [2.24, 2.45) is 5.73 Å². The molecule has 0 unspecified atom stereocenters. The summed E-state index contributed by atoms with van der Waals surface area (Å²) in [5.41, 5.74) is 6.41. The molecule has 0 aliphatic carbocycles. The normalized spacial score (nSPS) is 10.4. The number of hydrogen-bond donors (Lipinski definition) is 1. The fraction of sp³-hybridized carbons (Fsp3) is 0. The predicted octanol–water partition coefficient (Wildman–Crippen LogP) is 2.10. The van der Waals surface area contributed by atoms with Gasteiger partial charge in [0.2, 0.25) is 5.91 Å². The molecule has 0 fully saturated rings. The number of carbonyl (C=O) groups is 1. The van der Waals surface area contributed by atoms with Crippen molar-refractivity contribution in [1.29, 1.82) is 0 Å². The van der Waals surface area contributed by atoms with E-state index in [4.69, 9.17) is 5.73 Å². The smallest absolute Gasteiger partial charge is 0.250 e. The molecule has 0 saturated heterocycles. The van der Waals surface area contributed by atoms with E-state index in [1.807, 2.05) is 18.2 Å². The number of aromatic nitrogens is 1. The summed E-state index contributed by atoms with van der Waals surface area (Å²) in [7, 11) is 0. The molecule has 1 aromatic carbocycles. The summed E-state index contributed by atoms with van der Waals surface area (Å²) in [4.78, 5) is 15.1. The van der Waals surface area contributed by atoms with Crippen molar-refractivity contribution < 1.29 is 4.79 Å². The molecule has 0 aliphatic heterocycles. The molecule has 2 rings (SSSR count). The highest BCUT2D eigenvalue weighted by molar-refractivity contribution is 9.10. The lowest BCUT2D eigenvalue weighted by atomic mass is 10.1. The van der Waals surface area contributed by atoms with Crippen LogP contribution < -0.4 is 5.73 Å². The van der Waals surface area contributed by atoms with Gasteiger partial charge in [-0.3, -0.25) is 9.78 Å². The lowest BCUT2D eigenvalue weighted by Crippen LogP contribution is -2.11. The van der Waals surface area contributed by atoms with Crippen LogP contribution >= 0.6 is 15.9 Å². The summed E-state index contributed by atoms with van der Waals surface area (Å²) in [6, 6.07) is 7.41. The van der Waals surface area contributed by atoms with E-state index in [1.165, 1.54) is 6.20 Å². The number of nitrogens with two attached hydrogens (primary N) is 1. The molecule has 0 atom stereocenters. The number of fused-ring (bicyclic) bond motifs is 1. The molecule has 1 heterocycles. The first-order valence-corrected chi connectivity index (χ1v) is 4.82. The minimum absolute atomic E-state index is 0.426. The Morgan fingerprint density at radius 3 is 2.93 bits per heavy atom. The van der Waals surface area contributed by atoms with Crippen molar-refractivity contribution in [3.63, 3.8) is 0 Å². The Labute approximate surface area is 89.1 Å². The van der Waals surface area contributed by atoms with Crippen molar-refractivity contribution in [1.82, 2.24) is 4.98 Å². The Hall–Kier alpha value is -1.42. The van der Waals surface area contributed by atoms with Crippen LogP contribution in [0.4, 0.5) is 0 Å². The number of primary amides is 1. The van der Waals surface area contributed by atoms with Gasteiger partial charge >= 0.3 is 0 Å². The maximum atomic E-state index is 10.9. The largest absolute Gasteiger partial charge is 0.366 e. The Bertz CT molecular complexity index is 510. The molecule has 0 radical (unpaired) electrons. The molecule has 0 spiro atoms. The second kappa shape index (κ2) is 3.38. The number of rotatable bonds is 1. The van der Waals surface area contributed by atoms with Gasteiger partial charge in [-0.15, -0.1) is 0 Å². The highest BCUT2D eigenvalue weighted by atomic mass is 79.9. The van der Waals surface area contributed by atoms with Gasteiger partial charge in [-0.25, -0.2) is 0 Å². The Morgan fingerprint density at radius 2 is 2.21 bits per heavy atom. The van der Waals surface area contributed by atoms with Gasteiger partial charge in [0.05, 0.1) is 11.1 Å². The first kappa shape index (κ1) is 9.15. The summed E-state index contributed by atoms with van der Waals surface area (Å²) in [5.74, 6) is -0.459. The molecule has 14 heavy (non-hydrogen) atoms. The monoisotopic (exact) mass is 250 g/mol. The quantitative estimate of drug-likeness (QED) is 0.843. The van der Waals surface area contributed by atoms with Gasteiger partial charge in [-0.1, -0.05) is 12.1 Å². The SMILES string of the molecule is NC(=O)c1cnc2c(Br)cccc2c1. The third kappa shape index (κ3) is 1.48. The van der Waals surface area contributed by atoms with Crippen LogP contribution in [0.15, 0.2) is 34.9 Å². The van der Waals surface area contributed by atoms with Crippen molar-refractivity contribution in [2.45, 2.75) is 0 Å². The van der Waals surface area contributed by atoms with E-state index in [1.54, 1.807) is 6.07 Å². The number of amides is 1. The van der Waals surface area contributed by atoms with E-state index < -0.39 is 5.91 Å². The zero-order valence-electron chi connectivity index (χ0n) is 7.20. The lowest BCUT2D eigenvalue weighted by molar-refractivity contribution is 0.1000. The summed E-state index contributed by atoms with van der Waals surface area (Å²) >= 11 is 3.38. The zero-order valence-corrected chi connectivity index (χ0v) is 8.78. The van der Waals surface area contributed by atoms with Crippen molar-refractivity contribution in [3.05, 3.63) is 40.5 Å². The van der Waals surface area contributed by atoms with Crippen LogP contribution in [0.25, 0.3) is 10.9 Å². The van der Waals surface area contributed by atoms with E-state index in [9.17, 15) is 4.79 Å². The Morgan fingerprint density at radius 1 is 1.43 bits per heavy atom. The summed E-state index contributed by atoms with van der Waals surface area (Å²) < 4.78 is 0.908. The zero-order chi connectivity index (χ0) is 10.1.